The lowest BCUT2D eigenvalue weighted by Gasteiger charge is -2.28. The van der Waals surface area contributed by atoms with Crippen LogP contribution in [0.15, 0.2) is 0 Å². The molecule has 2 heteroatoms. The minimum atomic E-state index is -0.332. The summed E-state index contributed by atoms with van der Waals surface area (Å²) in [5, 5.41) is 0. The maximum Gasteiger partial charge on any atom is 0.309 e. The second kappa shape index (κ2) is 3.98. The molecule has 0 radical (unpaired) electrons. The van der Waals surface area contributed by atoms with Crippen molar-refractivity contribution in [3.05, 3.63) is 0 Å². The molecule has 0 N–H and O–H groups in total. The minimum Gasteiger partial charge on any atom is -0.460 e. The first-order valence-corrected chi connectivity index (χ1v) is 7.58. The Morgan fingerprint density at radius 1 is 1.00 bits per heavy atom. The Labute approximate surface area is 110 Å². The van der Waals surface area contributed by atoms with Gasteiger partial charge in [-0.3, -0.25) is 4.79 Å². The maximum atomic E-state index is 12.2. The summed E-state index contributed by atoms with van der Waals surface area (Å²) in [6.45, 7) is 8.30. The van der Waals surface area contributed by atoms with E-state index in [1.807, 2.05) is 20.8 Å². The molecule has 2 nitrogen and oxygen atoms in total. The highest BCUT2D eigenvalue weighted by Gasteiger charge is 2.55. The number of esters is 1. The van der Waals surface area contributed by atoms with Crippen LogP contribution in [0.4, 0.5) is 0 Å². The molecule has 0 amide bonds. The first kappa shape index (κ1) is 12.5. The SMILES string of the molecule is CC1CC2CC1C1CC(C(=O)OC(C)(C)C)CC21. The molecular formula is C16H26O2. The largest absolute Gasteiger partial charge is 0.460 e. The van der Waals surface area contributed by atoms with Crippen molar-refractivity contribution < 1.29 is 9.53 Å². The maximum absolute atomic E-state index is 12.2. The van der Waals surface area contributed by atoms with Gasteiger partial charge in [-0.25, -0.2) is 0 Å². The predicted molar refractivity (Wildman–Crippen MR) is 70.9 cm³/mol. The molecule has 6 unspecified atom stereocenters. The Kier molecular flexibility index (Phi) is 2.76. The standard InChI is InChI=1S/C16H26O2/c1-9-5-10-6-12(9)14-8-11(7-13(10)14)15(17)18-16(2,3)4/h9-14H,5-8H2,1-4H3. The van der Waals surface area contributed by atoms with Gasteiger partial charge in [0, 0.05) is 0 Å². The van der Waals surface area contributed by atoms with Gasteiger partial charge in [-0.05, 0) is 76.0 Å². The average Bonchev–Trinajstić information content (AvgIpc) is 2.82. The van der Waals surface area contributed by atoms with Crippen molar-refractivity contribution in [3.8, 4) is 0 Å². The molecule has 0 aromatic rings. The highest BCUT2D eigenvalue weighted by Crippen LogP contribution is 2.62. The van der Waals surface area contributed by atoms with Gasteiger partial charge in [0.05, 0.1) is 5.92 Å². The van der Waals surface area contributed by atoms with Crippen LogP contribution in [0.25, 0.3) is 0 Å². The lowest BCUT2D eigenvalue weighted by molar-refractivity contribution is -0.160. The summed E-state index contributed by atoms with van der Waals surface area (Å²) in [7, 11) is 0. The van der Waals surface area contributed by atoms with Crippen molar-refractivity contribution in [3.63, 3.8) is 0 Å². The number of carbonyl (C=O) groups excluding carboxylic acids is 1. The van der Waals surface area contributed by atoms with Gasteiger partial charge in [0.25, 0.3) is 0 Å². The van der Waals surface area contributed by atoms with Crippen LogP contribution in [0.2, 0.25) is 0 Å². The van der Waals surface area contributed by atoms with E-state index in [1.54, 1.807) is 0 Å². The van der Waals surface area contributed by atoms with E-state index in [9.17, 15) is 4.79 Å². The van der Waals surface area contributed by atoms with Gasteiger partial charge in [0.2, 0.25) is 0 Å². The van der Waals surface area contributed by atoms with Gasteiger partial charge < -0.3 is 4.74 Å². The first-order valence-electron chi connectivity index (χ1n) is 7.58. The quantitative estimate of drug-likeness (QED) is 0.664. The molecule has 0 spiro atoms. The Hall–Kier alpha value is -0.530. The van der Waals surface area contributed by atoms with Crippen LogP contribution >= 0.6 is 0 Å². The summed E-state index contributed by atoms with van der Waals surface area (Å²) < 4.78 is 5.57. The second-order valence-corrected chi connectivity index (χ2v) is 7.90. The molecule has 0 aliphatic heterocycles. The third kappa shape index (κ3) is 1.98. The fourth-order valence-corrected chi connectivity index (χ4v) is 4.99. The van der Waals surface area contributed by atoms with Gasteiger partial charge in [-0.15, -0.1) is 0 Å². The van der Waals surface area contributed by atoms with Crippen LogP contribution in [0.5, 0.6) is 0 Å². The van der Waals surface area contributed by atoms with E-state index in [4.69, 9.17) is 4.74 Å². The Bertz CT molecular complexity index is 355. The summed E-state index contributed by atoms with van der Waals surface area (Å²) in [4.78, 5) is 12.2. The summed E-state index contributed by atoms with van der Waals surface area (Å²) in [6.07, 6.45) is 5.06. The summed E-state index contributed by atoms with van der Waals surface area (Å²) in [5.41, 5.74) is -0.332. The molecule has 18 heavy (non-hydrogen) atoms. The highest BCUT2D eigenvalue weighted by atomic mass is 16.6. The molecular weight excluding hydrogens is 224 g/mol. The predicted octanol–water partition coefficient (Wildman–Crippen LogP) is 3.65. The highest BCUT2D eigenvalue weighted by molar-refractivity contribution is 5.73. The summed E-state index contributed by atoms with van der Waals surface area (Å²) in [5.74, 6) is 4.64. The zero-order chi connectivity index (χ0) is 13.1. The number of carbonyl (C=O) groups is 1. The molecule has 0 aromatic heterocycles. The molecule has 3 rings (SSSR count). The molecule has 3 aliphatic rings. The summed E-state index contributed by atoms with van der Waals surface area (Å²) >= 11 is 0. The van der Waals surface area contributed by atoms with Crippen molar-refractivity contribution in [2.24, 2.45) is 35.5 Å². The number of fused-ring (bicyclic) bond motifs is 5. The molecule has 0 aromatic carbocycles. The van der Waals surface area contributed by atoms with E-state index in [0.29, 0.717) is 0 Å². The van der Waals surface area contributed by atoms with Crippen LogP contribution in [0.3, 0.4) is 0 Å². The van der Waals surface area contributed by atoms with Crippen LogP contribution in [0.1, 0.15) is 53.4 Å². The molecule has 2 bridgehead atoms. The smallest absolute Gasteiger partial charge is 0.309 e. The van der Waals surface area contributed by atoms with Crippen molar-refractivity contribution in [1.82, 2.24) is 0 Å². The van der Waals surface area contributed by atoms with Crippen LogP contribution in [0, 0.1) is 35.5 Å². The number of ether oxygens (including phenoxy) is 1. The third-order valence-corrected chi connectivity index (χ3v) is 5.54. The second-order valence-electron chi connectivity index (χ2n) is 7.90. The van der Waals surface area contributed by atoms with Gasteiger partial charge in [-0.1, -0.05) is 6.92 Å². The van der Waals surface area contributed by atoms with E-state index in [1.165, 1.54) is 12.8 Å². The van der Waals surface area contributed by atoms with E-state index < -0.39 is 0 Å². The van der Waals surface area contributed by atoms with Gasteiger partial charge >= 0.3 is 5.97 Å². The normalized spacial score (nSPS) is 46.2. The van der Waals surface area contributed by atoms with Crippen molar-refractivity contribution in [1.29, 1.82) is 0 Å². The molecule has 6 atom stereocenters. The molecule has 3 saturated carbocycles. The molecule has 3 aliphatic carbocycles. The summed E-state index contributed by atoms with van der Waals surface area (Å²) in [6, 6.07) is 0. The fraction of sp³-hybridized carbons (Fsp3) is 0.938. The average molecular weight is 250 g/mol. The number of hydrogen-bond donors (Lipinski definition) is 0. The zero-order valence-electron chi connectivity index (χ0n) is 12.1. The monoisotopic (exact) mass is 250 g/mol. The fourth-order valence-electron chi connectivity index (χ4n) is 4.99. The van der Waals surface area contributed by atoms with E-state index in [-0.39, 0.29) is 17.5 Å². The van der Waals surface area contributed by atoms with Crippen molar-refractivity contribution in [2.75, 3.05) is 0 Å². The van der Waals surface area contributed by atoms with E-state index in [2.05, 4.69) is 6.92 Å². The Balaban J connectivity index is 1.65. The lowest BCUT2D eigenvalue weighted by atomic mass is 9.77. The van der Waals surface area contributed by atoms with Gasteiger partial charge in [0.1, 0.15) is 5.60 Å². The van der Waals surface area contributed by atoms with Crippen LogP contribution in [-0.4, -0.2) is 11.6 Å². The topological polar surface area (TPSA) is 26.3 Å². The molecule has 0 saturated heterocycles. The zero-order valence-corrected chi connectivity index (χ0v) is 12.1. The Morgan fingerprint density at radius 3 is 2.33 bits per heavy atom. The molecule has 0 heterocycles. The number of rotatable bonds is 1. The first-order chi connectivity index (χ1) is 8.35. The lowest BCUT2D eigenvalue weighted by Crippen LogP contribution is -2.28. The van der Waals surface area contributed by atoms with Crippen molar-refractivity contribution >= 4 is 5.97 Å². The number of hydrogen-bond acceptors (Lipinski definition) is 2. The molecule has 102 valence electrons. The molecule has 3 fully saturated rings. The van der Waals surface area contributed by atoms with Crippen molar-refractivity contribution in [2.45, 2.75) is 59.0 Å². The van der Waals surface area contributed by atoms with E-state index in [0.717, 1.165) is 42.4 Å². The van der Waals surface area contributed by atoms with Crippen LogP contribution in [-0.2, 0) is 9.53 Å². The third-order valence-electron chi connectivity index (χ3n) is 5.54. The Morgan fingerprint density at radius 2 is 1.67 bits per heavy atom. The van der Waals surface area contributed by atoms with Gasteiger partial charge in [-0.2, -0.15) is 0 Å². The van der Waals surface area contributed by atoms with Gasteiger partial charge in [0.15, 0.2) is 0 Å². The van der Waals surface area contributed by atoms with E-state index >= 15 is 0 Å². The van der Waals surface area contributed by atoms with Crippen LogP contribution < -0.4 is 0 Å². The minimum absolute atomic E-state index is 0.0592.